The Hall–Kier alpha value is -3.19. The Balaban J connectivity index is 1.84. The molecule has 1 aromatic heterocycles. The van der Waals surface area contributed by atoms with Crippen LogP contribution in [0.4, 0.5) is 11.4 Å². The summed E-state index contributed by atoms with van der Waals surface area (Å²) in [6.45, 7) is 2.80. The van der Waals surface area contributed by atoms with E-state index in [1.807, 2.05) is 48.1 Å². The van der Waals surface area contributed by atoms with Gasteiger partial charge in [-0.2, -0.15) is 5.10 Å². The van der Waals surface area contributed by atoms with Crippen LogP contribution < -0.4 is 5.32 Å². The van der Waals surface area contributed by atoms with Crippen LogP contribution in [0.25, 0.3) is 5.69 Å². The van der Waals surface area contributed by atoms with Crippen LogP contribution in [0.3, 0.4) is 0 Å². The lowest BCUT2D eigenvalue weighted by molar-refractivity contribution is -0.384. The maximum atomic E-state index is 11.0. The van der Waals surface area contributed by atoms with Gasteiger partial charge in [0.25, 0.3) is 5.69 Å². The number of hydrogen-bond donors (Lipinski definition) is 1. The molecule has 1 N–H and O–H groups in total. The average Bonchev–Trinajstić information content (AvgIpc) is 3.07. The van der Waals surface area contributed by atoms with Gasteiger partial charge in [0.1, 0.15) is 0 Å². The van der Waals surface area contributed by atoms with Gasteiger partial charge >= 0.3 is 0 Å². The topological polar surface area (TPSA) is 82.2 Å². The Bertz CT molecular complexity index is 921. The Morgan fingerprint density at radius 3 is 2.69 bits per heavy atom. The monoisotopic (exact) mass is 352 g/mol. The maximum absolute atomic E-state index is 11.0. The van der Waals surface area contributed by atoms with Gasteiger partial charge in [0.05, 0.1) is 22.9 Å². The van der Waals surface area contributed by atoms with Crippen molar-refractivity contribution in [2.24, 2.45) is 0 Å². The highest BCUT2D eigenvalue weighted by Crippen LogP contribution is 2.24. The molecule has 0 spiro atoms. The average molecular weight is 352 g/mol. The summed E-state index contributed by atoms with van der Waals surface area (Å²) in [5.41, 5.74) is 4.61. The van der Waals surface area contributed by atoms with E-state index < -0.39 is 4.92 Å². The molecule has 0 saturated heterocycles. The van der Waals surface area contributed by atoms with Crippen LogP contribution >= 0.6 is 0 Å². The zero-order valence-electron chi connectivity index (χ0n) is 14.7. The van der Waals surface area contributed by atoms with Crippen molar-refractivity contribution in [3.63, 3.8) is 0 Å². The molecule has 0 aliphatic heterocycles. The quantitative estimate of drug-likeness (QED) is 0.516. The van der Waals surface area contributed by atoms with E-state index in [-0.39, 0.29) is 5.69 Å². The van der Waals surface area contributed by atoms with Crippen LogP contribution in [0, 0.1) is 17.0 Å². The minimum atomic E-state index is -0.404. The number of nitro benzene ring substituents is 1. The summed E-state index contributed by atoms with van der Waals surface area (Å²) in [5, 5.41) is 18.8. The maximum Gasteiger partial charge on any atom is 0.269 e. The Morgan fingerprint density at radius 2 is 2.00 bits per heavy atom. The fourth-order valence-corrected chi connectivity index (χ4v) is 2.76. The first-order valence-corrected chi connectivity index (χ1v) is 8.19. The van der Waals surface area contributed by atoms with E-state index in [9.17, 15) is 10.1 Å². The first kappa shape index (κ1) is 17.6. The highest BCUT2D eigenvalue weighted by molar-refractivity contribution is 5.56. The van der Waals surface area contributed by atoms with Crippen LogP contribution in [0.1, 0.15) is 16.8 Å². The fourth-order valence-electron chi connectivity index (χ4n) is 2.76. The molecule has 3 aromatic rings. The molecule has 2 aromatic carbocycles. The summed E-state index contributed by atoms with van der Waals surface area (Å²) >= 11 is 0. The van der Waals surface area contributed by atoms with Crippen molar-refractivity contribution in [1.82, 2.24) is 9.78 Å². The zero-order chi connectivity index (χ0) is 18.5. The summed E-state index contributed by atoms with van der Waals surface area (Å²) < 4.78 is 7.02. The van der Waals surface area contributed by atoms with Crippen molar-refractivity contribution in [2.45, 2.75) is 20.1 Å². The molecule has 0 unspecified atom stereocenters. The molecular weight excluding hydrogens is 332 g/mol. The van der Waals surface area contributed by atoms with Gasteiger partial charge in [0.2, 0.25) is 0 Å². The van der Waals surface area contributed by atoms with Crippen LogP contribution in [0.15, 0.2) is 54.7 Å². The molecule has 1 heterocycles. The third-order valence-electron chi connectivity index (χ3n) is 4.03. The summed E-state index contributed by atoms with van der Waals surface area (Å²) in [6.07, 6.45) is 1.93. The Labute approximate surface area is 151 Å². The van der Waals surface area contributed by atoms with Gasteiger partial charge in [-0.3, -0.25) is 10.1 Å². The number of nitrogens with one attached hydrogen (secondary N) is 1. The number of non-ortho nitro benzene ring substituents is 1. The number of nitrogens with zero attached hydrogens (tertiary/aromatic N) is 3. The first-order valence-electron chi connectivity index (χ1n) is 8.19. The van der Waals surface area contributed by atoms with E-state index in [0.717, 1.165) is 28.2 Å². The lowest BCUT2D eigenvalue weighted by atomic mass is 10.1. The van der Waals surface area contributed by atoms with E-state index in [1.54, 1.807) is 13.2 Å². The second-order valence-corrected chi connectivity index (χ2v) is 5.92. The number of aromatic nitrogens is 2. The molecule has 7 heteroatoms. The zero-order valence-corrected chi connectivity index (χ0v) is 14.7. The molecule has 0 fully saturated rings. The SMILES string of the molecule is COCc1cc([N+](=O)[O-])ccc1NCc1ccccc1-n1ccc(C)n1. The molecule has 0 aliphatic carbocycles. The fraction of sp³-hybridized carbons (Fsp3) is 0.211. The lowest BCUT2D eigenvalue weighted by Gasteiger charge is -2.14. The van der Waals surface area contributed by atoms with Gasteiger partial charge in [-0.1, -0.05) is 18.2 Å². The van der Waals surface area contributed by atoms with Crippen molar-refractivity contribution < 1.29 is 9.66 Å². The largest absolute Gasteiger partial charge is 0.381 e. The summed E-state index contributed by atoms with van der Waals surface area (Å²) in [7, 11) is 1.57. The number of aryl methyl sites for hydroxylation is 1. The normalized spacial score (nSPS) is 10.7. The number of ether oxygens (including phenoxy) is 1. The minimum absolute atomic E-state index is 0.0509. The number of benzene rings is 2. The number of methoxy groups -OCH3 is 1. The van der Waals surface area contributed by atoms with Crippen LogP contribution in [-0.4, -0.2) is 21.8 Å². The van der Waals surface area contributed by atoms with E-state index in [2.05, 4.69) is 10.4 Å². The predicted molar refractivity (Wildman–Crippen MR) is 99.4 cm³/mol. The second-order valence-electron chi connectivity index (χ2n) is 5.92. The van der Waals surface area contributed by atoms with Gasteiger partial charge in [-0.05, 0) is 30.7 Å². The molecule has 26 heavy (non-hydrogen) atoms. The van der Waals surface area contributed by atoms with Gasteiger partial charge in [0, 0.05) is 43.2 Å². The molecular formula is C19H20N4O3. The molecule has 3 rings (SSSR count). The van der Waals surface area contributed by atoms with E-state index in [0.29, 0.717) is 13.2 Å². The molecule has 0 atom stereocenters. The van der Waals surface area contributed by atoms with Crippen molar-refractivity contribution in [2.75, 3.05) is 12.4 Å². The number of hydrogen-bond acceptors (Lipinski definition) is 5. The highest BCUT2D eigenvalue weighted by atomic mass is 16.6. The van der Waals surface area contributed by atoms with Crippen LogP contribution in [0.5, 0.6) is 0 Å². The Kier molecular flexibility index (Phi) is 5.28. The number of para-hydroxylation sites is 1. The molecule has 7 nitrogen and oxygen atoms in total. The molecule has 0 radical (unpaired) electrons. The number of anilines is 1. The summed E-state index contributed by atoms with van der Waals surface area (Å²) in [5.74, 6) is 0. The minimum Gasteiger partial charge on any atom is -0.381 e. The molecule has 0 saturated carbocycles. The summed E-state index contributed by atoms with van der Waals surface area (Å²) in [6, 6.07) is 14.7. The van der Waals surface area contributed by atoms with Crippen molar-refractivity contribution in [1.29, 1.82) is 0 Å². The number of rotatable bonds is 7. The van der Waals surface area contributed by atoms with E-state index >= 15 is 0 Å². The third-order valence-corrected chi connectivity index (χ3v) is 4.03. The second kappa shape index (κ2) is 7.79. The van der Waals surface area contributed by atoms with Crippen LogP contribution in [0.2, 0.25) is 0 Å². The predicted octanol–water partition coefficient (Wildman–Crippen LogP) is 3.85. The van der Waals surface area contributed by atoms with Crippen molar-refractivity contribution in [3.8, 4) is 5.69 Å². The first-order chi connectivity index (χ1) is 12.6. The van der Waals surface area contributed by atoms with Gasteiger partial charge < -0.3 is 10.1 Å². The van der Waals surface area contributed by atoms with Crippen molar-refractivity contribution in [3.05, 3.63) is 81.7 Å². The van der Waals surface area contributed by atoms with E-state index in [4.69, 9.17) is 4.74 Å². The van der Waals surface area contributed by atoms with Crippen LogP contribution in [-0.2, 0) is 17.9 Å². The standard InChI is InChI=1S/C19H20N4O3/c1-14-9-10-22(21-14)19-6-4-3-5-15(19)12-20-18-8-7-17(23(24)25)11-16(18)13-26-2/h3-11,20H,12-13H2,1-2H3. The lowest BCUT2D eigenvalue weighted by Crippen LogP contribution is -2.07. The van der Waals surface area contributed by atoms with Crippen molar-refractivity contribution >= 4 is 11.4 Å². The van der Waals surface area contributed by atoms with Gasteiger partial charge in [0.15, 0.2) is 0 Å². The Morgan fingerprint density at radius 1 is 1.19 bits per heavy atom. The molecule has 0 aliphatic rings. The van der Waals surface area contributed by atoms with E-state index in [1.165, 1.54) is 12.1 Å². The smallest absolute Gasteiger partial charge is 0.269 e. The molecule has 134 valence electrons. The molecule has 0 amide bonds. The van der Waals surface area contributed by atoms with Gasteiger partial charge in [-0.15, -0.1) is 0 Å². The highest BCUT2D eigenvalue weighted by Gasteiger charge is 2.12. The molecule has 0 bridgehead atoms. The third kappa shape index (κ3) is 3.89. The van der Waals surface area contributed by atoms with Gasteiger partial charge in [-0.25, -0.2) is 4.68 Å². The summed E-state index contributed by atoms with van der Waals surface area (Å²) in [4.78, 5) is 10.6. The number of nitro groups is 1.